The third-order valence-electron chi connectivity index (χ3n) is 4.20. The Kier molecular flexibility index (Phi) is 4.51. The zero-order valence-electron chi connectivity index (χ0n) is 12.1. The number of rotatable bonds is 4. The van der Waals surface area contributed by atoms with Crippen molar-refractivity contribution in [1.82, 2.24) is 9.80 Å². The lowest BCUT2D eigenvalue weighted by Crippen LogP contribution is -2.39. The summed E-state index contributed by atoms with van der Waals surface area (Å²) in [6, 6.07) is 6.39. The Morgan fingerprint density at radius 1 is 1.19 bits per heavy atom. The molecule has 3 rings (SSSR count). The van der Waals surface area contributed by atoms with Gasteiger partial charge in [-0.2, -0.15) is 0 Å². The number of benzene rings is 1. The van der Waals surface area contributed by atoms with Crippen LogP contribution in [0, 0.1) is 11.7 Å². The van der Waals surface area contributed by atoms with E-state index in [2.05, 4.69) is 4.90 Å². The highest BCUT2D eigenvalue weighted by molar-refractivity contribution is 5.78. The summed E-state index contributed by atoms with van der Waals surface area (Å²) in [5, 5.41) is 0. The van der Waals surface area contributed by atoms with E-state index in [-0.39, 0.29) is 11.7 Å². The summed E-state index contributed by atoms with van der Waals surface area (Å²) in [4.78, 5) is 16.4. The van der Waals surface area contributed by atoms with Crippen LogP contribution < -0.4 is 0 Å². The predicted octanol–water partition coefficient (Wildman–Crippen LogP) is 1.51. The minimum Gasteiger partial charge on any atom is -0.379 e. The topological polar surface area (TPSA) is 32.8 Å². The first-order valence-electron chi connectivity index (χ1n) is 7.53. The Balaban J connectivity index is 1.53. The summed E-state index contributed by atoms with van der Waals surface area (Å²) in [5.74, 6) is 0.366. The SMILES string of the molecule is O=C1C[C@H](CN2CCOCC2)CN1Cc1ccc(F)cc1. The van der Waals surface area contributed by atoms with Crippen molar-refractivity contribution < 1.29 is 13.9 Å². The lowest BCUT2D eigenvalue weighted by Gasteiger charge is -2.28. The maximum Gasteiger partial charge on any atom is 0.223 e. The molecule has 1 aromatic rings. The largest absolute Gasteiger partial charge is 0.379 e. The number of carbonyl (C=O) groups is 1. The molecule has 1 atom stereocenters. The fourth-order valence-corrected chi connectivity index (χ4v) is 3.09. The van der Waals surface area contributed by atoms with Crippen LogP contribution in [0.4, 0.5) is 4.39 Å². The molecule has 0 saturated carbocycles. The fourth-order valence-electron chi connectivity index (χ4n) is 3.09. The van der Waals surface area contributed by atoms with Crippen LogP contribution >= 0.6 is 0 Å². The summed E-state index contributed by atoms with van der Waals surface area (Å²) < 4.78 is 18.2. The Morgan fingerprint density at radius 2 is 1.90 bits per heavy atom. The lowest BCUT2D eigenvalue weighted by atomic mass is 10.1. The van der Waals surface area contributed by atoms with E-state index < -0.39 is 0 Å². The van der Waals surface area contributed by atoms with Crippen LogP contribution in [-0.4, -0.2) is 55.1 Å². The summed E-state index contributed by atoms with van der Waals surface area (Å²) in [5.41, 5.74) is 0.983. The first kappa shape index (κ1) is 14.5. The Bertz CT molecular complexity index is 486. The molecule has 0 aromatic heterocycles. The van der Waals surface area contributed by atoms with Gasteiger partial charge < -0.3 is 9.64 Å². The van der Waals surface area contributed by atoms with Gasteiger partial charge in [-0.3, -0.25) is 9.69 Å². The number of morpholine rings is 1. The van der Waals surface area contributed by atoms with E-state index in [0.717, 1.165) is 45.0 Å². The molecule has 2 aliphatic heterocycles. The van der Waals surface area contributed by atoms with E-state index in [1.54, 1.807) is 12.1 Å². The van der Waals surface area contributed by atoms with Crippen LogP contribution in [0.1, 0.15) is 12.0 Å². The first-order valence-corrected chi connectivity index (χ1v) is 7.53. The average Bonchev–Trinajstić information content (AvgIpc) is 2.82. The van der Waals surface area contributed by atoms with Gasteiger partial charge in [0.05, 0.1) is 13.2 Å². The lowest BCUT2D eigenvalue weighted by molar-refractivity contribution is -0.128. The van der Waals surface area contributed by atoms with E-state index in [0.29, 0.717) is 18.9 Å². The van der Waals surface area contributed by atoms with Gasteiger partial charge in [-0.25, -0.2) is 4.39 Å². The number of ether oxygens (including phenoxy) is 1. The average molecular weight is 292 g/mol. The maximum absolute atomic E-state index is 12.9. The van der Waals surface area contributed by atoms with Gasteiger partial charge in [0, 0.05) is 39.1 Å². The molecule has 0 N–H and O–H groups in total. The number of hydrogen-bond acceptors (Lipinski definition) is 3. The molecule has 1 aromatic carbocycles. The van der Waals surface area contributed by atoms with Crippen LogP contribution in [-0.2, 0) is 16.1 Å². The molecular weight excluding hydrogens is 271 g/mol. The highest BCUT2D eigenvalue weighted by Crippen LogP contribution is 2.21. The Morgan fingerprint density at radius 3 is 2.62 bits per heavy atom. The monoisotopic (exact) mass is 292 g/mol. The van der Waals surface area contributed by atoms with Gasteiger partial charge in [0.2, 0.25) is 5.91 Å². The summed E-state index contributed by atoms with van der Waals surface area (Å²) in [7, 11) is 0. The third-order valence-corrected chi connectivity index (χ3v) is 4.20. The molecule has 0 radical (unpaired) electrons. The van der Waals surface area contributed by atoms with Crippen molar-refractivity contribution in [2.24, 2.45) is 5.92 Å². The second-order valence-electron chi connectivity index (χ2n) is 5.88. The number of nitrogens with zero attached hydrogens (tertiary/aromatic N) is 2. The molecule has 2 heterocycles. The van der Waals surface area contributed by atoms with Crippen LogP contribution in [0.25, 0.3) is 0 Å². The van der Waals surface area contributed by atoms with Crippen molar-refractivity contribution in [3.63, 3.8) is 0 Å². The van der Waals surface area contributed by atoms with Gasteiger partial charge in [0.25, 0.3) is 0 Å². The molecule has 5 heteroatoms. The molecule has 114 valence electrons. The quantitative estimate of drug-likeness (QED) is 0.843. The highest BCUT2D eigenvalue weighted by Gasteiger charge is 2.30. The number of halogens is 1. The van der Waals surface area contributed by atoms with Crippen molar-refractivity contribution in [1.29, 1.82) is 0 Å². The molecule has 2 fully saturated rings. The molecule has 0 bridgehead atoms. The minimum absolute atomic E-state index is 0.206. The highest BCUT2D eigenvalue weighted by atomic mass is 19.1. The smallest absolute Gasteiger partial charge is 0.223 e. The Hall–Kier alpha value is -1.46. The van der Waals surface area contributed by atoms with Crippen molar-refractivity contribution in [3.8, 4) is 0 Å². The normalized spacial score (nSPS) is 23.8. The third kappa shape index (κ3) is 3.80. The molecule has 4 nitrogen and oxygen atoms in total. The molecule has 21 heavy (non-hydrogen) atoms. The van der Waals surface area contributed by atoms with Crippen molar-refractivity contribution >= 4 is 5.91 Å². The van der Waals surface area contributed by atoms with Gasteiger partial charge in [-0.15, -0.1) is 0 Å². The summed E-state index contributed by atoms with van der Waals surface area (Å²) >= 11 is 0. The maximum atomic E-state index is 12.9. The number of carbonyl (C=O) groups excluding carboxylic acids is 1. The number of likely N-dealkylation sites (tertiary alicyclic amines) is 1. The van der Waals surface area contributed by atoms with Gasteiger partial charge in [0.15, 0.2) is 0 Å². The van der Waals surface area contributed by atoms with Crippen LogP contribution in [0.15, 0.2) is 24.3 Å². The molecule has 0 unspecified atom stereocenters. The van der Waals surface area contributed by atoms with Crippen molar-refractivity contribution in [2.45, 2.75) is 13.0 Å². The molecule has 2 aliphatic rings. The molecule has 2 saturated heterocycles. The van der Waals surface area contributed by atoms with Gasteiger partial charge in [0.1, 0.15) is 5.82 Å². The van der Waals surface area contributed by atoms with Gasteiger partial charge >= 0.3 is 0 Å². The van der Waals surface area contributed by atoms with Crippen LogP contribution in [0.5, 0.6) is 0 Å². The summed E-state index contributed by atoms with van der Waals surface area (Å²) in [6.07, 6.45) is 0.624. The first-order chi connectivity index (χ1) is 10.2. The van der Waals surface area contributed by atoms with Gasteiger partial charge in [-0.1, -0.05) is 12.1 Å². The van der Waals surface area contributed by atoms with E-state index in [1.807, 2.05) is 4.90 Å². The Labute approximate surface area is 124 Å². The fraction of sp³-hybridized carbons (Fsp3) is 0.562. The van der Waals surface area contributed by atoms with Crippen molar-refractivity contribution in [3.05, 3.63) is 35.6 Å². The van der Waals surface area contributed by atoms with Crippen LogP contribution in [0.2, 0.25) is 0 Å². The van der Waals surface area contributed by atoms with Crippen LogP contribution in [0.3, 0.4) is 0 Å². The number of hydrogen-bond donors (Lipinski definition) is 0. The zero-order chi connectivity index (χ0) is 14.7. The van der Waals surface area contributed by atoms with Gasteiger partial charge in [-0.05, 0) is 23.6 Å². The van der Waals surface area contributed by atoms with E-state index in [4.69, 9.17) is 4.74 Å². The van der Waals surface area contributed by atoms with Crippen molar-refractivity contribution in [2.75, 3.05) is 39.4 Å². The van der Waals surface area contributed by atoms with E-state index in [1.165, 1.54) is 12.1 Å². The second-order valence-corrected chi connectivity index (χ2v) is 5.88. The molecular formula is C16H21FN2O2. The number of amides is 1. The molecule has 1 amide bonds. The second kappa shape index (κ2) is 6.54. The zero-order valence-corrected chi connectivity index (χ0v) is 12.1. The van der Waals surface area contributed by atoms with E-state index in [9.17, 15) is 9.18 Å². The minimum atomic E-state index is -0.239. The summed E-state index contributed by atoms with van der Waals surface area (Å²) in [6.45, 7) is 5.85. The predicted molar refractivity (Wildman–Crippen MR) is 77.2 cm³/mol. The molecule has 0 spiro atoms. The standard InChI is InChI=1S/C16H21FN2O2/c17-15-3-1-13(2-4-15)11-19-12-14(9-16(19)20)10-18-5-7-21-8-6-18/h1-4,14H,5-12H2/t14-/m1/s1. The van der Waals surface area contributed by atoms with E-state index >= 15 is 0 Å². The molecule has 0 aliphatic carbocycles.